The SMILES string of the molecule is CC(C)CC(O)CNc1nccn2nc(C(C)C)cc12. The van der Waals surface area contributed by atoms with Crippen molar-refractivity contribution in [1.29, 1.82) is 0 Å². The monoisotopic (exact) mass is 276 g/mol. The average Bonchev–Trinajstić information content (AvgIpc) is 2.80. The van der Waals surface area contributed by atoms with Gasteiger partial charge in [-0.05, 0) is 24.3 Å². The third-order valence-electron chi connectivity index (χ3n) is 3.25. The third kappa shape index (κ3) is 3.48. The van der Waals surface area contributed by atoms with E-state index in [1.165, 1.54) is 0 Å². The van der Waals surface area contributed by atoms with Crippen LogP contribution >= 0.6 is 0 Å². The highest BCUT2D eigenvalue weighted by molar-refractivity contribution is 5.67. The first-order chi connectivity index (χ1) is 9.47. The van der Waals surface area contributed by atoms with Crippen molar-refractivity contribution in [2.45, 2.75) is 46.1 Å². The maximum atomic E-state index is 9.93. The van der Waals surface area contributed by atoms with Crippen LogP contribution in [0.25, 0.3) is 5.52 Å². The standard InChI is InChI=1S/C15H24N4O/c1-10(2)7-12(20)9-17-15-14-8-13(11(3)4)18-19(14)6-5-16-15/h5-6,8,10-12,20H,7,9H2,1-4H3,(H,16,17). The topological polar surface area (TPSA) is 62.5 Å². The zero-order valence-electron chi connectivity index (χ0n) is 12.7. The summed E-state index contributed by atoms with van der Waals surface area (Å²) in [6.45, 7) is 8.96. The molecule has 0 aliphatic carbocycles. The van der Waals surface area contributed by atoms with Gasteiger partial charge in [0.05, 0.1) is 11.8 Å². The Labute approximate surface area is 120 Å². The maximum Gasteiger partial charge on any atom is 0.152 e. The summed E-state index contributed by atoms with van der Waals surface area (Å²) in [7, 11) is 0. The highest BCUT2D eigenvalue weighted by Gasteiger charge is 2.11. The summed E-state index contributed by atoms with van der Waals surface area (Å²) in [5.41, 5.74) is 2.00. The Morgan fingerprint density at radius 3 is 2.70 bits per heavy atom. The quantitative estimate of drug-likeness (QED) is 0.851. The maximum absolute atomic E-state index is 9.93. The molecule has 0 saturated heterocycles. The number of anilines is 1. The van der Waals surface area contributed by atoms with Crippen LogP contribution in [0, 0.1) is 5.92 Å². The van der Waals surface area contributed by atoms with E-state index in [9.17, 15) is 5.11 Å². The zero-order valence-corrected chi connectivity index (χ0v) is 12.7. The van der Waals surface area contributed by atoms with Crippen molar-refractivity contribution >= 4 is 11.3 Å². The van der Waals surface area contributed by atoms with Gasteiger partial charge in [0.15, 0.2) is 5.82 Å². The van der Waals surface area contributed by atoms with Crippen molar-refractivity contribution in [3.8, 4) is 0 Å². The third-order valence-corrected chi connectivity index (χ3v) is 3.25. The highest BCUT2D eigenvalue weighted by atomic mass is 16.3. The Morgan fingerprint density at radius 1 is 1.30 bits per heavy atom. The number of nitrogens with one attached hydrogen (secondary N) is 1. The minimum Gasteiger partial charge on any atom is -0.391 e. The van der Waals surface area contributed by atoms with E-state index in [0.29, 0.717) is 18.4 Å². The molecule has 110 valence electrons. The number of aliphatic hydroxyl groups excluding tert-OH is 1. The van der Waals surface area contributed by atoms with Gasteiger partial charge < -0.3 is 10.4 Å². The molecule has 0 radical (unpaired) electrons. The molecule has 2 rings (SSSR count). The van der Waals surface area contributed by atoms with Crippen molar-refractivity contribution in [2.75, 3.05) is 11.9 Å². The van der Waals surface area contributed by atoms with E-state index in [1.54, 1.807) is 6.20 Å². The first-order valence-electron chi connectivity index (χ1n) is 7.23. The smallest absolute Gasteiger partial charge is 0.152 e. The lowest BCUT2D eigenvalue weighted by Crippen LogP contribution is -2.21. The van der Waals surface area contributed by atoms with E-state index >= 15 is 0 Å². The van der Waals surface area contributed by atoms with Crippen LogP contribution in [0.5, 0.6) is 0 Å². The second-order valence-electron chi connectivity index (χ2n) is 5.99. The highest BCUT2D eigenvalue weighted by Crippen LogP contribution is 2.20. The summed E-state index contributed by atoms with van der Waals surface area (Å²) >= 11 is 0. The van der Waals surface area contributed by atoms with Crippen LogP contribution in [0.15, 0.2) is 18.5 Å². The molecule has 1 unspecified atom stereocenters. The summed E-state index contributed by atoms with van der Waals surface area (Å²) < 4.78 is 1.83. The predicted octanol–water partition coefficient (Wildman–Crippen LogP) is 2.67. The summed E-state index contributed by atoms with van der Waals surface area (Å²) in [6, 6.07) is 2.05. The first-order valence-corrected chi connectivity index (χ1v) is 7.23. The van der Waals surface area contributed by atoms with Crippen molar-refractivity contribution in [2.24, 2.45) is 5.92 Å². The summed E-state index contributed by atoms with van der Waals surface area (Å²) in [6.07, 6.45) is 4.00. The van der Waals surface area contributed by atoms with E-state index < -0.39 is 0 Å². The normalized spacial score (nSPS) is 13.3. The molecule has 2 aromatic rings. The Hall–Kier alpha value is -1.62. The number of hydrogen-bond donors (Lipinski definition) is 2. The van der Waals surface area contributed by atoms with E-state index in [2.05, 4.69) is 49.2 Å². The second-order valence-corrected chi connectivity index (χ2v) is 5.99. The van der Waals surface area contributed by atoms with Gasteiger partial charge in [-0.25, -0.2) is 9.50 Å². The number of fused-ring (bicyclic) bond motifs is 1. The van der Waals surface area contributed by atoms with Gasteiger partial charge in [-0.2, -0.15) is 5.10 Å². The van der Waals surface area contributed by atoms with Crippen molar-refractivity contribution in [3.05, 3.63) is 24.2 Å². The molecule has 0 fully saturated rings. The van der Waals surface area contributed by atoms with Gasteiger partial charge in [0, 0.05) is 18.9 Å². The Balaban J connectivity index is 2.13. The number of rotatable bonds is 6. The Kier molecular flexibility index (Phi) is 4.60. The molecule has 20 heavy (non-hydrogen) atoms. The molecule has 0 aliphatic rings. The lowest BCUT2D eigenvalue weighted by Gasteiger charge is -2.14. The van der Waals surface area contributed by atoms with Gasteiger partial charge in [-0.3, -0.25) is 0 Å². The average molecular weight is 276 g/mol. The van der Waals surface area contributed by atoms with Crippen molar-refractivity contribution in [3.63, 3.8) is 0 Å². The van der Waals surface area contributed by atoms with Gasteiger partial charge >= 0.3 is 0 Å². The van der Waals surface area contributed by atoms with Gasteiger partial charge in [0.1, 0.15) is 5.52 Å². The fourth-order valence-corrected chi connectivity index (χ4v) is 2.20. The second kappa shape index (κ2) is 6.22. The van der Waals surface area contributed by atoms with Crippen LogP contribution in [0.4, 0.5) is 5.82 Å². The zero-order chi connectivity index (χ0) is 14.7. The summed E-state index contributed by atoms with van der Waals surface area (Å²) in [5, 5.41) is 17.7. The lowest BCUT2D eigenvalue weighted by molar-refractivity contribution is 0.161. The van der Waals surface area contributed by atoms with Crippen LogP contribution in [-0.4, -0.2) is 32.4 Å². The van der Waals surface area contributed by atoms with E-state index in [4.69, 9.17) is 0 Å². The van der Waals surface area contributed by atoms with Gasteiger partial charge in [0.2, 0.25) is 0 Å². The Bertz CT molecular complexity index is 562. The van der Waals surface area contributed by atoms with E-state index in [-0.39, 0.29) is 6.10 Å². The molecule has 5 heteroatoms. The van der Waals surface area contributed by atoms with E-state index in [1.807, 2.05) is 10.7 Å². The molecular formula is C15H24N4O. The summed E-state index contributed by atoms with van der Waals surface area (Å²) in [4.78, 5) is 4.35. The molecule has 2 aromatic heterocycles. The minimum atomic E-state index is -0.357. The molecule has 0 spiro atoms. The molecule has 0 aromatic carbocycles. The number of aliphatic hydroxyl groups is 1. The van der Waals surface area contributed by atoms with Crippen LogP contribution in [-0.2, 0) is 0 Å². The molecule has 0 aliphatic heterocycles. The number of nitrogens with zero attached hydrogens (tertiary/aromatic N) is 3. The molecule has 0 saturated carbocycles. The largest absolute Gasteiger partial charge is 0.391 e. The van der Waals surface area contributed by atoms with Crippen LogP contribution < -0.4 is 5.32 Å². The number of aromatic nitrogens is 3. The van der Waals surface area contributed by atoms with Crippen molar-refractivity contribution in [1.82, 2.24) is 14.6 Å². The Morgan fingerprint density at radius 2 is 2.05 bits per heavy atom. The minimum absolute atomic E-state index is 0.357. The molecule has 0 bridgehead atoms. The number of hydrogen-bond acceptors (Lipinski definition) is 4. The van der Waals surface area contributed by atoms with Crippen LogP contribution in [0.1, 0.15) is 45.7 Å². The molecule has 2 N–H and O–H groups in total. The molecule has 5 nitrogen and oxygen atoms in total. The summed E-state index contributed by atoms with van der Waals surface area (Å²) in [5.74, 6) is 1.64. The fraction of sp³-hybridized carbons (Fsp3) is 0.600. The first kappa shape index (κ1) is 14.8. The van der Waals surface area contributed by atoms with Gasteiger partial charge in [0.25, 0.3) is 0 Å². The molecule has 2 heterocycles. The molecule has 0 amide bonds. The van der Waals surface area contributed by atoms with Gasteiger partial charge in [-0.1, -0.05) is 27.7 Å². The van der Waals surface area contributed by atoms with E-state index in [0.717, 1.165) is 23.4 Å². The van der Waals surface area contributed by atoms with Crippen molar-refractivity contribution < 1.29 is 5.11 Å². The predicted molar refractivity (Wildman–Crippen MR) is 81.0 cm³/mol. The lowest BCUT2D eigenvalue weighted by atomic mass is 10.1. The van der Waals surface area contributed by atoms with Crippen LogP contribution in [0.3, 0.4) is 0 Å². The van der Waals surface area contributed by atoms with Crippen LogP contribution in [0.2, 0.25) is 0 Å². The fourth-order valence-electron chi connectivity index (χ4n) is 2.20. The van der Waals surface area contributed by atoms with Gasteiger partial charge in [-0.15, -0.1) is 0 Å². The molecular weight excluding hydrogens is 252 g/mol. The molecule has 1 atom stereocenters.